The lowest BCUT2D eigenvalue weighted by Crippen LogP contribution is -2.47. The Hall–Kier alpha value is -1.82. The van der Waals surface area contributed by atoms with E-state index in [9.17, 15) is 4.79 Å². The van der Waals surface area contributed by atoms with Crippen LogP contribution < -0.4 is 0 Å². The molecule has 6 heteroatoms. The van der Waals surface area contributed by atoms with Crippen molar-refractivity contribution in [1.82, 2.24) is 14.8 Å². The second-order valence-electron chi connectivity index (χ2n) is 5.80. The molecule has 0 saturated carbocycles. The maximum Gasteiger partial charge on any atom is 0.270 e. The number of carbonyl (C=O) groups excluding carboxylic acids is 1. The number of fused-ring (bicyclic) bond motifs is 1. The smallest absolute Gasteiger partial charge is 0.270 e. The monoisotopic (exact) mass is 290 g/mol. The second-order valence-corrected chi connectivity index (χ2v) is 5.80. The van der Waals surface area contributed by atoms with E-state index in [4.69, 9.17) is 4.84 Å². The SMILES string of the molecule is CON=C1CCc2[nH]c(C(=O)N3CCN(C)CC3)cc2C1. The zero-order chi connectivity index (χ0) is 14.8. The first-order valence-corrected chi connectivity index (χ1v) is 7.45. The number of H-pyrrole nitrogens is 1. The molecule has 6 nitrogen and oxygen atoms in total. The average molecular weight is 290 g/mol. The number of aryl methyl sites for hydroxylation is 1. The lowest BCUT2D eigenvalue weighted by molar-refractivity contribution is 0.0658. The van der Waals surface area contributed by atoms with Crippen molar-refractivity contribution in [1.29, 1.82) is 0 Å². The van der Waals surface area contributed by atoms with Crippen molar-refractivity contribution in [3.63, 3.8) is 0 Å². The third kappa shape index (κ3) is 2.95. The Morgan fingerprint density at radius 2 is 2.05 bits per heavy atom. The summed E-state index contributed by atoms with van der Waals surface area (Å²) in [6.45, 7) is 3.48. The van der Waals surface area contributed by atoms with Gasteiger partial charge in [0.25, 0.3) is 5.91 Å². The number of piperazine rings is 1. The number of aromatic nitrogens is 1. The topological polar surface area (TPSA) is 60.9 Å². The predicted molar refractivity (Wildman–Crippen MR) is 80.7 cm³/mol. The highest BCUT2D eigenvalue weighted by molar-refractivity contribution is 5.94. The number of nitrogens with one attached hydrogen (secondary N) is 1. The number of hydrogen-bond acceptors (Lipinski definition) is 4. The molecule has 0 bridgehead atoms. The van der Waals surface area contributed by atoms with Gasteiger partial charge in [0.2, 0.25) is 0 Å². The van der Waals surface area contributed by atoms with E-state index >= 15 is 0 Å². The van der Waals surface area contributed by atoms with E-state index in [0.717, 1.165) is 51.2 Å². The fourth-order valence-electron chi connectivity index (χ4n) is 3.00. The highest BCUT2D eigenvalue weighted by Gasteiger charge is 2.24. The molecule has 1 N–H and O–H groups in total. The van der Waals surface area contributed by atoms with Crippen LogP contribution in [-0.4, -0.2) is 66.7 Å². The van der Waals surface area contributed by atoms with Crippen LogP contribution in [0.1, 0.15) is 28.2 Å². The number of likely N-dealkylation sites (N-methyl/N-ethyl adjacent to an activating group) is 1. The number of oxime groups is 1. The summed E-state index contributed by atoms with van der Waals surface area (Å²) >= 11 is 0. The van der Waals surface area contributed by atoms with Crippen molar-refractivity contribution < 1.29 is 9.63 Å². The molecule has 21 heavy (non-hydrogen) atoms. The molecule has 2 aliphatic rings. The van der Waals surface area contributed by atoms with Crippen LogP contribution in [0, 0.1) is 0 Å². The van der Waals surface area contributed by atoms with Gasteiger partial charge in [0, 0.05) is 38.3 Å². The quantitative estimate of drug-likeness (QED) is 0.823. The van der Waals surface area contributed by atoms with Gasteiger partial charge in [-0.3, -0.25) is 4.79 Å². The maximum absolute atomic E-state index is 12.6. The van der Waals surface area contributed by atoms with Crippen LogP contribution in [0.2, 0.25) is 0 Å². The third-order valence-corrected chi connectivity index (χ3v) is 4.29. The summed E-state index contributed by atoms with van der Waals surface area (Å²) in [6.07, 6.45) is 2.56. The number of nitrogens with zero attached hydrogens (tertiary/aromatic N) is 3. The summed E-state index contributed by atoms with van der Waals surface area (Å²) in [5, 5.41) is 4.04. The molecule has 0 unspecified atom stereocenters. The standard InChI is InChI=1S/C15H22N4O2/c1-18-5-7-19(8-6-18)15(20)14-10-11-9-12(17-21-2)3-4-13(11)16-14/h10,16H,3-9H2,1-2H3. The Bertz CT molecular complexity index is 556. The number of rotatable bonds is 2. The van der Waals surface area contributed by atoms with Gasteiger partial charge in [-0.15, -0.1) is 0 Å². The van der Waals surface area contributed by atoms with E-state index in [-0.39, 0.29) is 5.91 Å². The van der Waals surface area contributed by atoms with E-state index < -0.39 is 0 Å². The molecule has 1 amide bonds. The lowest BCUT2D eigenvalue weighted by Gasteiger charge is -2.32. The zero-order valence-electron chi connectivity index (χ0n) is 12.7. The largest absolute Gasteiger partial charge is 0.399 e. The summed E-state index contributed by atoms with van der Waals surface area (Å²) in [4.78, 5) is 24.9. The minimum Gasteiger partial charge on any atom is -0.399 e. The first-order valence-electron chi connectivity index (χ1n) is 7.45. The number of aromatic amines is 1. The van der Waals surface area contributed by atoms with Crippen molar-refractivity contribution in [2.24, 2.45) is 5.16 Å². The zero-order valence-corrected chi connectivity index (χ0v) is 12.7. The van der Waals surface area contributed by atoms with Gasteiger partial charge in [-0.2, -0.15) is 0 Å². The summed E-state index contributed by atoms with van der Waals surface area (Å²) in [6, 6.07) is 1.99. The van der Waals surface area contributed by atoms with Crippen molar-refractivity contribution >= 4 is 11.6 Å². The van der Waals surface area contributed by atoms with E-state index in [1.165, 1.54) is 11.3 Å². The molecule has 1 saturated heterocycles. The molecule has 1 fully saturated rings. The molecule has 3 rings (SSSR count). The van der Waals surface area contributed by atoms with Crippen molar-refractivity contribution in [3.8, 4) is 0 Å². The summed E-state index contributed by atoms with van der Waals surface area (Å²) in [5.41, 5.74) is 4.10. The molecule has 1 aliphatic heterocycles. The molecule has 0 aromatic carbocycles. The predicted octanol–water partition coefficient (Wildman–Crippen LogP) is 0.893. The van der Waals surface area contributed by atoms with E-state index in [1.54, 1.807) is 7.11 Å². The lowest BCUT2D eigenvalue weighted by atomic mass is 9.96. The molecule has 0 spiro atoms. The summed E-state index contributed by atoms with van der Waals surface area (Å²) in [5.74, 6) is 0.114. The van der Waals surface area contributed by atoms with Gasteiger partial charge in [0.15, 0.2) is 0 Å². The van der Waals surface area contributed by atoms with Gasteiger partial charge in [-0.1, -0.05) is 5.16 Å². The van der Waals surface area contributed by atoms with Gasteiger partial charge in [-0.25, -0.2) is 0 Å². The molecular weight excluding hydrogens is 268 g/mol. The van der Waals surface area contributed by atoms with Crippen molar-refractivity contribution in [3.05, 3.63) is 23.0 Å². The van der Waals surface area contributed by atoms with Gasteiger partial charge in [0.05, 0.1) is 5.71 Å². The summed E-state index contributed by atoms with van der Waals surface area (Å²) < 4.78 is 0. The minimum absolute atomic E-state index is 0.114. The highest BCUT2D eigenvalue weighted by atomic mass is 16.6. The molecule has 1 aliphatic carbocycles. The van der Waals surface area contributed by atoms with Crippen molar-refractivity contribution in [2.45, 2.75) is 19.3 Å². The Labute approximate surface area is 124 Å². The average Bonchev–Trinajstić information content (AvgIpc) is 2.91. The molecule has 2 heterocycles. The third-order valence-electron chi connectivity index (χ3n) is 4.29. The number of amides is 1. The highest BCUT2D eigenvalue weighted by Crippen LogP contribution is 2.21. The first kappa shape index (κ1) is 14.1. The minimum atomic E-state index is 0.114. The van der Waals surface area contributed by atoms with Crippen LogP contribution in [0.25, 0.3) is 0 Å². The van der Waals surface area contributed by atoms with Gasteiger partial charge in [-0.05, 0) is 31.5 Å². The van der Waals surface area contributed by atoms with Crippen LogP contribution in [0.5, 0.6) is 0 Å². The molecule has 1 aromatic rings. The Kier molecular flexibility index (Phi) is 3.96. The van der Waals surface area contributed by atoms with Crippen molar-refractivity contribution in [2.75, 3.05) is 40.3 Å². The normalized spacial score (nSPS) is 21.4. The fraction of sp³-hybridized carbons (Fsp3) is 0.600. The van der Waals surface area contributed by atoms with Gasteiger partial charge in [0.1, 0.15) is 12.8 Å². The molecule has 0 atom stereocenters. The van der Waals surface area contributed by atoms with E-state index in [1.807, 2.05) is 11.0 Å². The fourth-order valence-corrected chi connectivity index (χ4v) is 3.00. The Morgan fingerprint density at radius 3 is 2.76 bits per heavy atom. The maximum atomic E-state index is 12.6. The first-order chi connectivity index (χ1) is 10.2. The Balaban J connectivity index is 1.73. The van der Waals surface area contributed by atoms with Crippen LogP contribution in [-0.2, 0) is 17.7 Å². The van der Waals surface area contributed by atoms with Crippen LogP contribution in [0.3, 0.4) is 0 Å². The van der Waals surface area contributed by atoms with Gasteiger partial charge < -0.3 is 19.6 Å². The van der Waals surface area contributed by atoms with Crippen LogP contribution >= 0.6 is 0 Å². The van der Waals surface area contributed by atoms with E-state index in [2.05, 4.69) is 22.1 Å². The summed E-state index contributed by atoms with van der Waals surface area (Å²) in [7, 11) is 3.66. The second kappa shape index (κ2) is 5.89. The van der Waals surface area contributed by atoms with Gasteiger partial charge >= 0.3 is 0 Å². The van der Waals surface area contributed by atoms with E-state index in [0.29, 0.717) is 5.69 Å². The van der Waals surface area contributed by atoms with Crippen LogP contribution in [0.4, 0.5) is 0 Å². The molecular formula is C15H22N4O2. The number of carbonyl (C=O) groups is 1. The molecule has 1 aromatic heterocycles. The molecule has 0 radical (unpaired) electrons. The Morgan fingerprint density at radius 1 is 1.29 bits per heavy atom. The number of hydrogen-bond donors (Lipinski definition) is 1. The molecule has 114 valence electrons. The van der Waals surface area contributed by atoms with Crippen LogP contribution in [0.15, 0.2) is 11.2 Å².